The summed E-state index contributed by atoms with van der Waals surface area (Å²) in [6.45, 7) is 2.32. The van der Waals surface area contributed by atoms with Gasteiger partial charge in [0.15, 0.2) is 0 Å². The van der Waals surface area contributed by atoms with Crippen LogP contribution in [0.2, 0.25) is 0 Å². The van der Waals surface area contributed by atoms with E-state index in [0.29, 0.717) is 11.3 Å². The van der Waals surface area contributed by atoms with Crippen LogP contribution < -0.4 is 0 Å². The van der Waals surface area contributed by atoms with Gasteiger partial charge >= 0.3 is 0 Å². The summed E-state index contributed by atoms with van der Waals surface area (Å²) in [6.07, 6.45) is 3.63. The Morgan fingerprint density at radius 1 is 1.55 bits per heavy atom. The lowest BCUT2D eigenvalue weighted by molar-refractivity contribution is 0.0962. The number of aliphatic hydroxyl groups is 1. The van der Waals surface area contributed by atoms with Gasteiger partial charge in [0.2, 0.25) is 0 Å². The summed E-state index contributed by atoms with van der Waals surface area (Å²) >= 11 is 3.57. The van der Waals surface area contributed by atoms with Crippen molar-refractivity contribution in [2.75, 3.05) is 5.33 Å². The molecule has 2 bridgehead atoms. The van der Waals surface area contributed by atoms with Gasteiger partial charge in [0.1, 0.15) is 0 Å². The minimum Gasteiger partial charge on any atom is -0.393 e. The predicted molar refractivity (Wildman–Crippen MR) is 48.7 cm³/mol. The first-order valence-corrected chi connectivity index (χ1v) is 5.54. The van der Waals surface area contributed by atoms with E-state index in [9.17, 15) is 5.11 Å². The van der Waals surface area contributed by atoms with Crippen LogP contribution in [0.1, 0.15) is 26.2 Å². The summed E-state index contributed by atoms with van der Waals surface area (Å²) in [7, 11) is 0. The predicted octanol–water partition coefficient (Wildman–Crippen LogP) is 2.18. The van der Waals surface area contributed by atoms with Gasteiger partial charge in [-0.05, 0) is 36.5 Å². The van der Waals surface area contributed by atoms with Crippen LogP contribution in [-0.4, -0.2) is 16.5 Å². The van der Waals surface area contributed by atoms with E-state index in [1.807, 2.05) is 0 Å². The largest absolute Gasteiger partial charge is 0.393 e. The van der Waals surface area contributed by atoms with Crippen molar-refractivity contribution in [3.8, 4) is 0 Å². The quantitative estimate of drug-likeness (QED) is 0.670. The molecule has 1 nitrogen and oxygen atoms in total. The topological polar surface area (TPSA) is 20.2 Å². The van der Waals surface area contributed by atoms with Crippen LogP contribution in [-0.2, 0) is 0 Å². The van der Waals surface area contributed by atoms with Gasteiger partial charge in [0, 0.05) is 5.33 Å². The third kappa shape index (κ3) is 0.919. The molecule has 0 aliphatic heterocycles. The number of halogens is 1. The number of aliphatic hydroxyl groups excluding tert-OH is 1. The average molecular weight is 219 g/mol. The summed E-state index contributed by atoms with van der Waals surface area (Å²) in [4.78, 5) is 0. The van der Waals surface area contributed by atoms with E-state index < -0.39 is 0 Å². The highest BCUT2D eigenvalue weighted by atomic mass is 79.9. The average Bonchev–Trinajstić information content (AvgIpc) is 2.42. The van der Waals surface area contributed by atoms with E-state index in [2.05, 4.69) is 22.9 Å². The van der Waals surface area contributed by atoms with Crippen LogP contribution in [0.4, 0.5) is 0 Å². The Morgan fingerprint density at radius 2 is 2.27 bits per heavy atom. The molecule has 1 N–H and O–H groups in total. The highest BCUT2D eigenvalue weighted by Gasteiger charge is 2.54. The van der Waals surface area contributed by atoms with Crippen LogP contribution in [0, 0.1) is 17.3 Å². The molecule has 2 fully saturated rings. The van der Waals surface area contributed by atoms with Crippen molar-refractivity contribution < 1.29 is 5.11 Å². The van der Waals surface area contributed by atoms with Gasteiger partial charge in [-0.1, -0.05) is 22.9 Å². The molecule has 2 saturated carbocycles. The third-order valence-electron chi connectivity index (χ3n) is 3.88. The molecule has 2 aliphatic rings. The van der Waals surface area contributed by atoms with Crippen molar-refractivity contribution >= 4 is 15.9 Å². The highest BCUT2D eigenvalue weighted by molar-refractivity contribution is 9.09. The molecule has 0 heterocycles. The van der Waals surface area contributed by atoms with Gasteiger partial charge in [-0.3, -0.25) is 0 Å². The number of fused-ring (bicyclic) bond motifs is 2. The fraction of sp³-hybridized carbons (Fsp3) is 1.00. The van der Waals surface area contributed by atoms with E-state index in [1.165, 1.54) is 12.8 Å². The fourth-order valence-electron chi connectivity index (χ4n) is 3.03. The van der Waals surface area contributed by atoms with Gasteiger partial charge in [0.05, 0.1) is 6.10 Å². The van der Waals surface area contributed by atoms with Crippen molar-refractivity contribution in [2.24, 2.45) is 17.3 Å². The molecular formula is C9H15BrO. The normalized spacial score (nSPS) is 55.4. The first kappa shape index (κ1) is 8.06. The molecular weight excluding hydrogens is 204 g/mol. The minimum absolute atomic E-state index is 0.00343. The second kappa shape index (κ2) is 2.46. The number of alkyl halides is 1. The van der Waals surface area contributed by atoms with E-state index in [0.717, 1.165) is 17.7 Å². The molecule has 4 unspecified atom stereocenters. The van der Waals surface area contributed by atoms with Crippen molar-refractivity contribution in [1.29, 1.82) is 0 Å². The molecule has 0 aromatic rings. The second-order valence-corrected chi connectivity index (χ2v) is 4.88. The minimum atomic E-state index is -0.00343. The van der Waals surface area contributed by atoms with Gasteiger partial charge in [-0.25, -0.2) is 0 Å². The summed E-state index contributed by atoms with van der Waals surface area (Å²) < 4.78 is 0. The van der Waals surface area contributed by atoms with Gasteiger partial charge in [-0.15, -0.1) is 0 Å². The first-order valence-electron chi connectivity index (χ1n) is 4.42. The number of rotatable bonds is 1. The zero-order valence-electron chi connectivity index (χ0n) is 6.89. The maximum Gasteiger partial charge on any atom is 0.0576 e. The Bertz CT molecular complexity index is 171. The monoisotopic (exact) mass is 218 g/mol. The maximum absolute atomic E-state index is 9.67. The lowest BCUT2D eigenvalue weighted by Crippen LogP contribution is -2.27. The Labute approximate surface area is 76.3 Å². The highest BCUT2D eigenvalue weighted by Crippen LogP contribution is 2.58. The summed E-state index contributed by atoms with van der Waals surface area (Å²) in [6, 6.07) is 0. The van der Waals surface area contributed by atoms with Crippen LogP contribution in [0.3, 0.4) is 0 Å². The molecule has 0 spiro atoms. The molecule has 2 rings (SSSR count). The third-order valence-corrected chi connectivity index (χ3v) is 5.09. The Hall–Kier alpha value is 0.440. The summed E-state index contributed by atoms with van der Waals surface area (Å²) in [5.41, 5.74) is 0.402. The van der Waals surface area contributed by atoms with E-state index in [-0.39, 0.29) is 6.10 Å². The molecule has 4 atom stereocenters. The molecule has 0 amide bonds. The number of hydrogen-bond acceptors (Lipinski definition) is 1. The molecule has 11 heavy (non-hydrogen) atoms. The van der Waals surface area contributed by atoms with E-state index in [1.54, 1.807) is 0 Å². The second-order valence-electron chi connectivity index (χ2n) is 4.32. The molecule has 64 valence electrons. The zero-order valence-corrected chi connectivity index (χ0v) is 8.47. The van der Waals surface area contributed by atoms with Crippen molar-refractivity contribution in [2.45, 2.75) is 32.3 Å². The molecule has 0 aromatic heterocycles. The molecule has 0 aromatic carbocycles. The van der Waals surface area contributed by atoms with Gasteiger partial charge in [0.25, 0.3) is 0 Å². The smallest absolute Gasteiger partial charge is 0.0576 e. The molecule has 2 aliphatic carbocycles. The zero-order chi connectivity index (χ0) is 8.06. The SMILES string of the molecule is CC1(CBr)C2CCC1C(O)C2. The molecule has 0 radical (unpaired) electrons. The van der Waals surface area contributed by atoms with Crippen molar-refractivity contribution in [3.05, 3.63) is 0 Å². The van der Waals surface area contributed by atoms with Gasteiger partial charge in [-0.2, -0.15) is 0 Å². The van der Waals surface area contributed by atoms with Crippen LogP contribution in [0.15, 0.2) is 0 Å². The lowest BCUT2D eigenvalue weighted by Gasteiger charge is -2.27. The first-order chi connectivity index (χ1) is 5.18. The van der Waals surface area contributed by atoms with E-state index >= 15 is 0 Å². The molecule has 0 saturated heterocycles. The summed E-state index contributed by atoms with van der Waals surface area (Å²) in [5.74, 6) is 1.36. The Morgan fingerprint density at radius 3 is 2.55 bits per heavy atom. The lowest BCUT2D eigenvalue weighted by atomic mass is 9.82. The van der Waals surface area contributed by atoms with Crippen molar-refractivity contribution in [1.82, 2.24) is 0 Å². The Balaban J connectivity index is 2.24. The summed E-state index contributed by atoms with van der Waals surface area (Å²) in [5, 5.41) is 10.7. The fourth-order valence-corrected chi connectivity index (χ4v) is 3.90. The number of hydrogen-bond donors (Lipinski definition) is 1. The van der Waals surface area contributed by atoms with Crippen LogP contribution in [0.25, 0.3) is 0 Å². The molecule has 2 heteroatoms. The van der Waals surface area contributed by atoms with Crippen LogP contribution in [0.5, 0.6) is 0 Å². The van der Waals surface area contributed by atoms with Crippen LogP contribution >= 0.6 is 15.9 Å². The Kier molecular flexibility index (Phi) is 1.80. The standard InChI is InChI=1S/C9H15BrO/c1-9(5-10)6-2-3-7(9)8(11)4-6/h6-8,11H,2-5H2,1H3. The maximum atomic E-state index is 9.67. The van der Waals surface area contributed by atoms with E-state index in [4.69, 9.17) is 0 Å². The van der Waals surface area contributed by atoms with Crippen molar-refractivity contribution in [3.63, 3.8) is 0 Å². The van der Waals surface area contributed by atoms with Gasteiger partial charge < -0.3 is 5.11 Å².